The van der Waals surface area contributed by atoms with Crippen LogP contribution in [0.4, 0.5) is 0 Å². The van der Waals surface area contributed by atoms with Crippen molar-refractivity contribution in [1.82, 2.24) is 25.1 Å². The molecular weight excluding hydrogens is 394 g/mol. The van der Waals surface area contributed by atoms with Crippen molar-refractivity contribution in [3.05, 3.63) is 77.7 Å². The molecule has 0 bridgehead atoms. The summed E-state index contributed by atoms with van der Waals surface area (Å²) in [4.78, 5) is 20.9. The second-order valence-electron chi connectivity index (χ2n) is 5.96. The van der Waals surface area contributed by atoms with Crippen LogP contribution in [0, 0.1) is 0 Å². The van der Waals surface area contributed by atoms with Gasteiger partial charge in [0, 0.05) is 11.6 Å². The van der Waals surface area contributed by atoms with Crippen molar-refractivity contribution in [2.24, 2.45) is 0 Å². The third-order valence-corrected chi connectivity index (χ3v) is 5.48. The fourth-order valence-corrected chi connectivity index (χ4v) is 3.71. The standard InChI is InChI=1S/C20H16ClN5OS/c21-17-9-5-4-6-14(17)10-22-18(27)12-28-20-16-11-25-26(19(16)23-13-24-20)15-7-2-1-3-8-15/h1-9,11,13H,10,12H2,(H,22,27). The van der Waals surface area contributed by atoms with Crippen LogP contribution in [0.3, 0.4) is 0 Å². The highest BCUT2D eigenvalue weighted by molar-refractivity contribution is 8.00. The van der Waals surface area contributed by atoms with Crippen molar-refractivity contribution in [2.45, 2.75) is 11.6 Å². The summed E-state index contributed by atoms with van der Waals surface area (Å²) in [7, 11) is 0. The van der Waals surface area contributed by atoms with Crippen molar-refractivity contribution in [2.75, 3.05) is 5.75 Å². The van der Waals surface area contributed by atoms with Crippen molar-refractivity contribution in [3.63, 3.8) is 0 Å². The van der Waals surface area contributed by atoms with Gasteiger partial charge >= 0.3 is 0 Å². The molecule has 0 radical (unpaired) electrons. The van der Waals surface area contributed by atoms with E-state index in [9.17, 15) is 4.79 Å². The Hall–Kier alpha value is -2.90. The molecule has 6 nitrogen and oxygen atoms in total. The van der Waals surface area contributed by atoms with E-state index in [2.05, 4.69) is 20.4 Å². The molecule has 140 valence electrons. The molecule has 0 saturated carbocycles. The maximum atomic E-state index is 12.2. The lowest BCUT2D eigenvalue weighted by atomic mass is 10.2. The Morgan fingerprint density at radius 3 is 2.68 bits per heavy atom. The number of benzene rings is 2. The molecule has 0 unspecified atom stereocenters. The highest BCUT2D eigenvalue weighted by Gasteiger charge is 2.13. The maximum absolute atomic E-state index is 12.2. The third-order valence-electron chi connectivity index (χ3n) is 4.10. The van der Waals surface area contributed by atoms with Gasteiger partial charge in [-0.15, -0.1) is 0 Å². The van der Waals surface area contributed by atoms with Gasteiger partial charge in [-0.25, -0.2) is 14.6 Å². The van der Waals surface area contributed by atoms with E-state index >= 15 is 0 Å². The number of halogens is 1. The molecule has 2 aromatic heterocycles. The molecule has 2 heterocycles. The summed E-state index contributed by atoms with van der Waals surface area (Å²) < 4.78 is 1.76. The van der Waals surface area contributed by atoms with Crippen molar-refractivity contribution < 1.29 is 4.79 Å². The van der Waals surface area contributed by atoms with Gasteiger partial charge in [0.05, 0.1) is 23.0 Å². The number of carbonyl (C=O) groups is 1. The van der Waals surface area contributed by atoms with Crippen LogP contribution in [0.1, 0.15) is 5.56 Å². The zero-order chi connectivity index (χ0) is 19.3. The quantitative estimate of drug-likeness (QED) is 0.386. The fourth-order valence-electron chi connectivity index (χ4n) is 2.72. The second kappa shape index (κ2) is 8.41. The Kier molecular flexibility index (Phi) is 5.55. The number of thioether (sulfide) groups is 1. The van der Waals surface area contributed by atoms with Crippen molar-refractivity contribution in [3.8, 4) is 5.69 Å². The van der Waals surface area contributed by atoms with Crippen LogP contribution in [-0.2, 0) is 11.3 Å². The minimum absolute atomic E-state index is 0.0906. The van der Waals surface area contributed by atoms with E-state index < -0.39 is 0 Å². The Morgan fingerprint density at radius 2 is 1.86 bits per heavy atom. The SMILES string of the molecule is O=C(CSc1ncnc2c1cnn2-c1ccccc1)NCc1ccccc1Cl. The first-order valence-corrected chi connectivity index (χ1v) is 9.96. The first-order valence-electron chi connectivity index (χ1n) is 8.59. The number of hydrogen-bond donors (Lipinski definition) is 1. The van der Waals surface area contributed by atoms with E-state index in [0.717, 1.165) is 21.7 Å². The molecule has 0 aliphatic carbocycles. The largest absolute Gasteiger partial charge is 0.351 e. The number of rotatable bonds is 6. The summed E-state index contributed by atoms with van der Waals surface area (Å²) in [5.41, 5.74) is 2.51. The summed E-state index contributed by atoms with van der Waals surface area (Å²) in [6.45, 7) is 0.393. The van der Waals surface area contributed by atoms with Gasteiger partial charge in [0.2, 0.25) is 5.91 Å². The van der Waals surface area contributed by atoms with Gasteiger partial charge in [0.25, 0.3) is 0 Å². The average molecular weight is 410 g/mol. The molecule has 4 aromatic rings. The zero-order valence-corrected chi connectivity index (χ0v) is 16.3. The van der Waals surface area contributed by atoms with E-state index in [-0.39, 0.29) is 11.7 Å². The highest BCUT2D eigenvalue weighted by Crippen LogP contribution is 2.25. The van der Waals surface area contributed by atoms with E-state index in [4.69, 9.17) is 11.6 Å². The predicted octanol–water partition coefficient (Wildman–Crippen LogP) is 3.88. The normalized spacial score (nSPS) is 10.9. The number of nitrogens with one attached hydrogen (secondary N) is 1. The molecule has 0 aliphatic heterocycles. The summed E-state index contributed by atoms with van der Waals surface area (Å²) in [5.74, 6) is 0.153. The van der Waals surface area contributed by atoms with Crippen LogP contribution >= 0.6 is 23.4 Å². The third kappa shape index (κ3) is 4.00. The predicted molar refractivity (Wildman–Crippen MR) is 111 cm³/mol. The van der Waals surface area contributed by atoms with Gasteiger partial charge in [-0.3, -0.25) is 4.79 Å². The Balaban J connectivity index is 1.44. The van der Waals surface area contributed by atoms with Gasteiger partial charge in [-0.2, -0.15) is 5.10 Å². The van der Waals surface area contributed by atoms with E-state index in [1.807, 2.05) is 48.5 Å². The molecule has 1 amide bonds. The lowest BCUT2D eigenvalue weighted by Crippen LogP contribution is -2.24. The number of nitrogens with zero attached hydrogens (tertiary/aromatic N) is 4. The first-order chi connectivity index (χ1) is 13.7. The van der Waals surface area contributed by atoms with Crippen LogP contribution in [0.2, 0.25) is 5.02 Å². The fraction of sp³-hybridized carbons (Fsp3) is 0.100. The first kappa shape index (κ1) is 18.5. The van der Waals surface area contributed by atoms with Crippen LogP contribution in [-0.4, -0.2) is 31.4 Å². The van der Waals surface area contributed by atoms with Crippen LogP contribution in [0.5, 0.6) is 0 Å². The van der Waals surface area contributed by atoms with Crippen LogP contribution in [0.25, 0.3) is 16.7 Å². The van der Waals surface area contributed by atoms with Crippen LogP contribution in [0.15, 0.2) is 72.1 Å². The van der Waals surface area contributed by atoms with Gasteiger partial charge in [0.15, 0.2) is 5.65 Å². The number of amides is 1. The zero-order valence-electron chi connectivity index (χ0n) is 14.7. The summed E-state index contributed by atoms with van der Waals surface area (Å²) >= 11 is 7.47. The molecule has 28 heavy (non-hydrogen) atoms. The molecule has 0 fully saturated rings. The molecule has 0 spiro atoms. The van der Waals surface area contributed by atoms with Gasteiger partial charge < -0.3 is 5.32 Å². The lowest BCUT2D eigenvalue weighted by molar-refractivity contribution is -0.118. The molecule has 4 rings (SSSR count). The molecular formula is C20H16ClN5OS. The smallest absolute Gasteiger partial charge is 0.230 e. The van der Waals surface area contributed by atoms with Crippen molar-refractivity contribution >= 4 is 40.3 Å². The molecule has 2 aromatic carbocycles. The maximum Gasteiger partial charge on any atom is 0.230 e. The molecule has 0 saturated heterocycles. The monoisotopic (exact) mass is 409 g/mol. The van der Waals surface area contributed by atoms with E-state index in [1.54, 1.807) is 16.9 Å². The minimum Gasteiger partial charge on any atom is -0.351 e. The topological polar surface area (TPSA) is 72.7 Å². The van der Waals surface area contributed by atoms with Crippen LogP contribution < -0.4 is 5.32 Å². The number of carbonyl (C=O) groups excluding carboxylic acids is 1. The Labute approximate surface area is 171 Å². The van der Waals surface area contributed by atoms with Gasteiger partial charge in [0.1, 0.15) is 11.4 Å². The molecule has 0 aliphatic rings. The van der Waals surface area contributed by atoms with Crippen molar-refractivity contribution in [1.29, 1.82) is 0 Å². The van der Waals surface area contributed by atoms with E-state index in [0.29, 0.717) is 17.2 Å². The summed E-state index contributed by atoms with van der Waals surface area (Å²) in [6, 6.07) is 17.2. The number of para-hydroxylation sites is 1. The molecule has 8 heteroatoms. The minimum atomic E-state index is -0.0906. The summed E-state index contributed by atoms with van der Waals surface area (Å²) in [6.07, 6.45) is 3.22. The lowest BCUT2D eigenvalue weighted by Gasteiger charge is -2.07. The molecule has 1 N–H and O–H groups in total. The highest BCUT2D eigenvalue weighted by atomic mass is 35.5. The Bertz CT molecular complexity index is 1120. The number of aromatic nitrogens is 4. The van der Waals surface area contributed by atoms with E-state index in [1.165, 1.54) is 18.1 Å². The molecule has 0 atom stereocenters. The Morgan fingerprint density at radius 1 is 1.07 bits per heavy atom. The van der Waals surface area contributed by atoms with Gasteiger partial charge in [-0.05, 0) is 23.8 Å². The second-order valence-corrected chi connectivity index (χ2v) is 7.34. The number of fused-ring (bicyclic) bond motifs is 1. The summed E-state index contributed by atoms with van der Waals surface area (Å²) in [5, 5.41) is 9.48. The number of hydrogen-bond acceptors (Lipinski definition) is 5. The average Bonchev–Trinajstić information content (AvgIpc) is 3.17. The van der Waals surface area contributed by atoms with Gasteiger partial charge in [-0.1, -0.05) is 59.8 Å².